The van der Waals surface area contributed by atoms with Crippen molar-refractivity contribution in [3.05, 3.63) is 36.5 Å². The summed E-state index contributed by atoms with van der Waals surface area (Å²) in [6, 6.07) is -0.905. The van der Waals surface area contributed by atoms with Crippen LogP contribution in [0.15, 0.2) is 36.5 Å². The molecule has 0 rings (SSSR count). The van der Waals surface area contributed by atoms with Gasteiger partial charge >= 0.3 is 5.97 Å². The number of phosphoric ester groups is 1. The minimum absolute atomic E-state index is 0.0276. The topological polar surface area (TPSA) is 114 Å². The number of allylic oxidation sites excluding steroid dienone is 5. The Morgan fingerprint density at radius 3 is 1.37 bits per heavy atom. The molecule has 0 aliphatic heterocycles. The van der Waals surface area contributed by atoms with Gasteiger partial charge in [-0.3, -0.25) is 14.2 Å². The summed E-state index contributed by atoms with van der Waals surface area (Å²) >= 11 is 0. The first-order valence-corrected chi connectivity index (χ1v) is 29.8. The van der Waals surface area contributed by atoms with Crippen molar-refractivity contribution in [1.82, 2.24) is 5.32 Å². The van der Waals surface area contributed by atoms with Gasteiger partial charge < -0.3 is 28.5 Å². The number of amides is 1. The minimum atomic E-state index is -4.70. The van der Waals surface area contributed by atoms with Crippen LogP contribution in [-0.2, 0) is 27.9 Å². The number of nitrogens with zero attached hydrogens (tertiary/aromatic N) is 1. The van der Waals surface area contributed by atoms with E-state index in [9.17, 15) is 19.0 Å². The number of phosphoric acid groups is 1. The molecule has 0 heterocycles. The number of unbranched alkanes of at least 4 members (excludes halogenated alkanes) is 31. The molecule has 0 spiro atoms. The average Bonchev–Trinajstić information content (AvgIpc) is 3.28. The Morgan fingerprint density at radius 1 is 0.522 bits per heavy atom. The van der Waals surface area contributed by atoms with Gasteiger partial charge in [-0.25, -0.2) is 0 Å². The summed E-state index contributed by atoms with van der Waals surface area (Å²) in [4.78, 5) is 39.7. The number of likely N-dealkylation sites (N-methyl/N-ethyl adjacent to an activating group) is 1. The first kappa shape index (κ1) is 65.2. The summed E-state index contributed by atoms with van der Waals surface area (Å²) in [5, 5.41) is 3.01. The first-order valence-electron chi connectivity index (χ1n) is 28.3. The van der Waals surface area contributed by atoms with Crippen molar-refractivity contribution in [3.63, 3.8) is 0 Å². The van der Waals surface area contributed by atoms with E-state index in [-0.39, 0.29) is 18.9 Å². The number of hydrogen-bond donors (Lipinski definition) is 1. The zero-order valence-corrected chi connectivity index (χ0v) is 45.8. The van der Waals surface area contributed by atoms with Gasteiger partial charge in [0, 0.05) is 12.8 Å². The zero-order chi connectivity index (χ0) is 49.4. The summed E-state index contributed by atoms with van der Waals surface area (Å²) in [6.45, 7) is 6.81. The Bertz CT molecular complexity index is 1250. The Hall–Kier alpha value is -1.77. The number of ether oxygens (including phenoxy) is 1. The molecule has 0 aromatic carbocycles. The average molecular weight is 965 g/mol. The molecule has 9 nitrogen and oxygen atoms in total. The van der Waals surface area contributed by atoms with Gasteiger partial charge in [0.15, 0.2) is 0 Å². The summed E-state index contributed by atoms with van der Waals surface area (Å²) < 4.78 is 30.1. The smallest absolute Gasteiger partial charge is 0.306 e. The lowest BCUT2D eigenvalue weighted by Gasteiger charge is -2.30. The van der Waals surface area contributed by atoms with Crippen LogP contribution in [0.2, 0.25) is 0 Å². The molecule has 3 unspecified atom stereocenters. The van der Waals surface area contributed by atoms with Crippen LogP contribution in [0.3, 0.4) is 0 Å². The van der Waals surface area contributed by atoms with Gasteiger partial charge in [0.2, 0.25) is 5.91 Å². The third kappa shape index (κ3) is 49.0. The van der Waals surface area contributed by atoms with E-state index in [4.69, 9.17) is 13.8 Å². The third-order valence-electron chi connectivity index (χ3n) is 12.6. The molecule has 3 atom stereocenters. The highest BCUT2D eigenvalue weighted by Gasteiger charge is 2.27. The van der Waals surface area contributed by atoms with E-state index in [1.807, 2.05) is 39.4 Å². The maximum absolute atomic E-state index is 13.5. The lowest BCUT2D eigenvalue weighted by atomic mass is 10.0. The van der Waals surface area contributed by atoms with E-state index in [1.165, 1.54) is 173 Å². The number of esters is 1. The highest BCUT2D eigenvalue weighted by atomic mass is 31.2. The number of nitrogens with one attached hydrogen (secondary N) is 1. The summed E-state index contributed by atoms with van der Waals surface area (Å²) in [6.07, 6.45) is 55.5. The van der Waals surface area contributed by atoms with E-state index in [2.05, 4.69) is 44.3 Å². The predicted molar refractivity (Wildman–Crippen MR) is 284 cm³/mol. The van der Waals surface area contributed by atoms with Crippen LogP contribution in [0.1, 0.15) is 265 Å². The fourth-order valence-electron chi connectivity index (χ4n) is 8.16. The van der Waals surface area contributed by atoms with Crippen molar-refractivity contribution in [1.29, 1.82) is 0 Å². The molecular weight excluding hydrogens is 856 g/mol. The van der Waals surface area contributed by atoms with Crippen molar-refractivity contribution < 1.29 is 37.3 Å². The molecule has 0 radical (unpaired) electrons. The van der Waals surface area contributed by atoms with Crippen molar-refractivity contribution >= 4 is 19.7 Å². The van der Waals surface area contributed by atoms with Crippen molar-refractivity contribution in [2.75, 3.05) is 40.9 Å². The van der Waals surface area contributed by atoms with E-state index < -0.39 is 32.5 Å². The van der Waals surface area contributed by atoms with E-state index in [0.29, 0.717) is 23.9 Å². The second kappa shape index (κ2) is 47.9. The number of carbonyl (C=O) groups is 2. The molecule has 0 saturated heterocycles. The number of carbonyl (C=O) groups excluding carboxylic acids is 2. The Morgan fingerprint density at radius 2 is 0.925 bits per heavy atom. The summed E-state index contributed by atoms with van der Waals surface area (Å²) in [7, 11) is 1.17. The molecule has 67 heavy (non-hydrogen) atoms. The number of quaternary nitrogens is 1. The molecule has 1 N–H and O–H groups in total. The van der Waals surface area contributed by atoms with E-state index in [0.717, 1.165) is 51.4 Å². The van der Waals surface area contributed by atoms with Crippen LogP contribution in [-0.4, -0.2) is 69.4 Å². The zero-order valence-electron chi connectivity index (χ0n) is 44.9. The van der Waals surface area contributed by atoms with Gasteiger partial charge in [-0.1, -0.05) is 237 Å². The van der Waals surface area contributed by atoms with E-state index in [1.54, 1.807) is 0 Å². The molecule has 0 aliphatic carbocycles. The highest BCUT2D eigenvalue weighted by Crippen LogP contribution is 2.38. The van der Waals surface area contributed by atoms with Crippen LogP contribution in [0.5, 0.6) is 0 Å². The summed E-state index contributed by atoms with van der Waals surface area (Å²) in [5.74, 6) is -0.610. The minimum Gasteiger partial charge on any atom is -0.756 e. The van der Waals surface area contributed by atoms with E-state index >= 15 is 0 Å². The SMILES string of the molecule is CCCCCCCC/C=C\C/C=C/CCC(=O)OC(/C=C/CCCCCCCCCCCCC)C(COP(=O)([O-])OCC[N+](C)(C)C)NC(=O)CCCCCCCCCCCCCCCCC. The van der Waals surface area contributed by atoms with Crippen molar-refractivity contribution in [3.8, 4) is 0 Å². The molecular formula is C57H109N2O7P. The molecule has 394 valence electrons. The molecule has 0 saturated carbocycles. The Kier molecular flexibility index (Phi) is 46.6. The van der Waals surface area contributed by atoms with Gasteiger partial charge in [0.1, 0.15) is 19.3 Å². The normalized spacial score (nSPS) is 14.1. The maximum atomic E-state index is 13.5. The lowest BCUT2D eigenvalue weighted by Crippen LogP contribution is -2.47. The van der Waals surface area contributed by atoms with Crippen LogP contribution < -0.4 is 10.2 Å². The third-order valence-corrected chi connectivity index (χ3v) is 13.6. The largest absolute Gasteiger partial charge is 0.756 e. The second-order valence-corrected chi connectivity index (χ2v) is 21.9. The summed E-state index contributed by atoms with van der Waals surface area (Å²) in [5.41, 5.74) is 0. The van der Waals surface area contributed by atoms with Crippen LogP contribution in [0, 0.1) is 0 Å². The maximum Gasteiger partial charge on any atom is 0.306 e. The second-order valence-electron chi connectivity index (χ2n) is 20.4. The molecule has 10 heteroatoms. The molecule has 0 aromatic heterocycles. The number of rotatable bonds is 51. The van der Waals surface area contributed by atoms with Crippen LogP contribution in [0.4, 0.5) is 0 Å². The number of hydrogen-bond acceptors (Lipinski definition) is 7. The molecule has 0 aliphatic rings. The lowest BCUT2D eigenvalue weighted by molar-refractivity contribution is -0.870. The standard InChI is InChI=1S/C57H109N2O7P/c1-7-10-13-16-19-22-25-28-29-32-34-37-40-43-46-49-56(60)58-54(53-65-67(62,63)64-52-51-59(4,5)6)55(48-45-42-39-36-33-30-26-23-20-17-14-11-8-2)66-57(61)50-47-44-41-38-35-31-27-24-21-18-15-12-9-3/h31,35,41,44-45,48,54-55H,7-30,32-34,36-40,42-43,46-47,49-53H2,1-6H3,(H-,58,60,62,63)/b35-31-,44-41+,48-45+. The molecule has 0 bridgehead atoms. The van der Waals surface area contributed by atoms with Gasteiger partial charge in [-0.05, 0) is 51.0 Å². The van der Waals surface area contributed by atoms with Gasteiger partial charge in [0.05, 0.1) is 33.8 Å². The van der Waals surface area contributed by atoms with Crippen LogP contribution in [0.25, 0.3) is 0 Å². The van der Waals surface area contributed by atoms with Crippen molar-refractivity contribution in [2.24, 2.45) is 0 Å². The van der Waals surface area contributed by atoms with Gasteiger partial charge in [-0.2, -0.15) is 0 Å². The Labute approximate surface area is 415 Å². The fourth-order valence-corrected chi connectivity index (χ4v) is 8.89. The Balaban J connectivity index is 5.43. The van der Waals surface area contributed by atoms with Crippen LogP contribution >= 0.6 is 7.82 Å². The van der Waals surface area contributed by atoms with Gasteiger partial charge in [0.25, 0.3) is 7.82 Å². The molecule has 1 amide bonds. The predicted octanol–water partition coefficient (Wildman–Crippen LogP) is 16.1. The molecule has 0 fully saturated rings. The van der Waals surface area contributed by atoms with Gasteiger partial charge in [-0.15, -0.1) is 0 Å². The first-order chi connectivity index (χ1) is 32.4. The monoisotopic (exact) mass is 965 g/mol. The van der Waals surface area contributed by atoms with Crippen molar-refractivity contribution in [2.45, 2.75) is 277 Å². The fraction of sp³-hybridized carbons (Fsp3) is 0.860. The molecule has 0 aromatic rings. The highest BCUT2D eigenvalue weighted by molar-refractivity contribution is 7.45. The quantitative estimate of drug-likeness (QED) is 0.0212.